The fourth-order valence-electron chi connectivity index (χ4n) is 2.70. The van der Waals surface area contributed by atoms with Crippen LogP contribution in [-0.4, -0.2) is 37.2 Å². The lowest BCUT2D eigenvalue weighted by atomic mass is 10.1. The number of carbonyl (C=O) groups excluding carboxylic acids is 1. The number of ether oxygens (including phenoxy) is 1. The number of pyridine rings is 1. The molecule has 1 fully saturated rings. The van der Waals surface area contributed by atoms with Gasteiger partial charge in [-0.2, -0.15) is 0 Å². The summed E-state index contributed by atoms with van der Waals surface area (Å²) < 4.78 is 5.36. The second-order valence-corrected chi connectivity index (χ2v) is 5.88. The van der Waals surface area contributed by atoms with E-state index in [0.717, 1.165) is 43.2 Å². The number of nitrogens with two attached hydrogens (primary N) is 1. The number of aromatic nitrogens is 1. The van der Waals surface area contributed by atoms with Gasteiger partial charge in [-0.15, -0.1) is 0 Å². The second-order valence-electron chi connectivity index (χ2n) is 5.88. The molecule has 1 aliphatic heterocycles. The van der Waals surface area contributed by atoms with Gasteiger partial charge in [0, 0.05) is 37.1 Å². The number of aryl methyl sites for hydroxylation is 1. The van der Waals surface area contributed by atoms with Crippen LogP contribution in [0.1, 0.15) is 21.5 Å². The molecule has 24 heavy (non-hydrogen) atoms. The minimum atomic E-state index is -0.121. The van der Waals surface area contributed by atoms with Crippen molar-refractivity contribution in [1.82, 2.24) is 10.3 Å². The van der Waals surface area contributed by atoms with E-state index in [1.165, 1.54) is 0 Å². The summed E-state index contributed by atoms with van der Waals surface area (Å²) in [7, 11) is 0. The Morgan fingerprint density at radius 2 is 2.08 bits per heavy atom. The van der Waals surface area contributed by atoms with Crippen LogP contribution in [0.5, 0.6) is 0 Å². The van der Waals surface area contributed by atoms with Gasteiger partial charge in [-0.1, -0.05) is 6.07 Å². The van der Waals surface area contributed by atoms with Crippen LogP contribution in [0.3, 0.4) is 0 Å². The summed E-state index contributed by atoms with van der Waals surface area (Å²) in [5.74, 6) is 0.801. The largest absolute Gasteiger partial charge is 0.399 e. The number of carbonyl (C=O) groups is 1. The smallest absolute Gasteiger partial charge is 0.251 e. The first-order valence-electron chi connectivity index (χ1n) is 8.05. The molecule has 6 heteroatoms. The van der Waals surface area contributed by atoms with Crippen LogP contribution in [-0.2, 0) is 11.3 Å². The Balaban J connectivity index is 1.66. The molecule has 3 N–H and O–H groups in total. The van der Waals surface area contributed by atoms with E-state index >= 15 is 0 Å². The highest BCUT2D eigenvalue weighted by Gasteiger charge is 2.13. The van der Waals surface area contributed by atoms with Crippen molar-refractivity contribution in [2.75, 3.05) is 36.9 Å². The van der Waals surface area contributed by atoms with Crippen molar-refractivity contribution in [3.63, 3.8) is 0 Å². The summed E-state index contributed by atoms with van der Waals surface area (Å²) >= 11 is 0. The summed E-state index contributed by atoms with van der Waals surface area (Å²) in [5, 5.41) is 2.95. The highest BCUT2D eigenvalue weighted by atomic mass is 16.5. The minimum Gasteiger partial charge on any atom is -0.399 e. The molecule has 2 aromatic rings. The highest BCUT2D eigenvalue weighted by Crippen LogP contribution is 2.15. The number of hydrogen-bond acceptors (Lipinski definition) is 5. The predicted molar refractivity (Wildman–Crippen MR) is 94.0 cm³/mol. The van der Waals surface area contributed by atoms with E-state index in [4.69, 9.17) is 10.5 Å². The molecular weight excluding hydrogens is 304 g/mol. The van der Waals surface area contributed by atoms with Crippen LogP contribution in [0.4, 0.5) is 11.5 Å². The van der Waals surface area contributed by atoms with E-state index in [1.807, 2.05) is 25.1 Å². The zero-order chi connectivity index (χ0) is 16.9. The van der Waals surface area contributed by atoms with E-state index in [-0.39, 0.29) is 5.91 Å². The number of hydrogen-bond donors (Lipinski definition) is 2. The minimum absolute atomic E-state index is 0.121. The Morgan fingerprint density at radius 1 is 1.29 bits per heavy atom. The van der Waals surface area contributed by atoms with Gasteiger partial charge in [0.05, 0.1) is 13.2 Å². The average molecular weight is 326 g/mol. The Kier molecular flexibility index (Phi) is 4.96. The fourth-order valence-corrected chi connectivity index (χ4v) is 2.70. The van der Waals surface area contributed by atoms with Crippen molar-refractivity contribution < 1.29 is 9.53 Å². The molecule has 0 saturated carbocycles. The van der Waals surface area contributed by atoms with Crippen molar-refractivity contribution in [3.05, 3.63) is 53.2 Å². The quantitative estimate of drug-likeness (QED) is 0.837. The van der Waals surface area contributed by atoms with Crippen LogP contribution in [0.25, 0.3) is 0 Å². The van der Waals surface area contributed by atoms with Crippen molar-refractivity contribution >= 4 is 17.4 Å². The monoisotopic (exact) mass is 326 g/mol. The number of rotatable bonds is 4. The summed E-state index contributed by atoms with van der Waals surface area (Å²) in [6, 6.07) is 9.28. The molecule has 1 aliphatic rings. The summed E-state index contributed by atoms with van der Waals surface area (Å²) in [4.78, 5) is 19.0. The molecule has 0 unspecified atom stereocenters. The van der Waals surface area contributed by atoms with Crippen LogP contribution in [0, 0.1) is 6.92 Å². The van der Waals surface area contributed by atoms with Gasteiger partial charge >= 0.3 is 0 Å². The van der Waals surface area contributed by atoms with Gasteiger partial charge in [0.1, 0.15) is 5.82 Å². The van der Waals surface area contributed by atoms with Gasteiger partial charge in [-0.3, -0.25) is 4.79 Å². The third kappa shape index (κ3) is 3.83. The number of amides is 1. The normalized spacial score (nSPS) is 14.5. The Morgan fingerprint density at radius 3 is 2.88 bits per heavy atom. The number of nitrogens with zero attached hydrogens (tertiary/aromatic N) is 2. The number of benzene rings is 1. The number of morpholine rings is 1. The van der Waals surface area contributed by atoms with E-state index in [1.54, 1.807) is 18.3 Å². The molecule has 6 nitrogen and oxygen atoms in total. The molecule has 1 amide bonds. The van der Waals surface area contributed by atoms with Crippen LogP contribution in [0.2, 0.25) is 0 Å². The summed E-state index contributed by atoms with van der Waals surface area (Å²) in [6.07, 6.45) is 1.78. The number of anilines is 2. The summed E-state index contributed by atoms with van der Waals surface area (Å²) in [5.41, 5.74) is 8.89. The zero-order valence-electron chi connectivity index (χ0n) is 13.8. The first-order chi connectivity index (χ1) is 11.6. The molecule has 2 heterocycles. The molecule has 0 atom stereocenters. The van der Waals surface area contributed by atoms with E-state index in [0.29, 0.717) is 17.8 Å². The van der Waals surface area contributed by atoms with Gasteiger partial charge in [-0.05, 0) is 42.3 Å². The molecule has 0 radical (unpaired) electrons. The third-order valence-electron chi connectivity index (χ3n) is 4.10. The lowest BCUT2D eigenvalue weighted by Crippen LogP contribution is -2.36. The molecule has 0 spiro atoms. The van der Waals surface area contributed by atoms with Crippen molar-refractivity contribution in [2.24, 2.45) is 0 Å². The SMILES string of the molecule is Cc1ccc(N)cc1C(=O)NCc1ccnc(N2CCOCC2)c1. The molecule has 1 aromatic carbocycles. The van der Waals surface area contributed by atoms with Gasteiger partial charge < -0.3 is 20.7 Å². The Bertz CT molecular complexity index is 727. The topological polar surface area (TPSA) is 80.5 Å². The van der Waals surface area contributed by atoms with Crippen LogP contribution in [0.15, 0.2) is 36.5 Å². The van der Waals surface area contributed by atoms with Gasteiger partial charge in [-0.25, -0.2) is 4.98 Å². The van der Waals surface area contributed by atoms with Gasteiger partial charge in [0.2, 0.25) is 0 Å². The first-order valence-corrected chi connectivity index (χ1v) is 8.05. The Hall–Kier alpha value is -2.60. The molecule has 1 aromatic heterocycles. The Labute approximate surface area is 141 Å². The summed E-state index contributed by atoms with van der Waals surface area (Å²) in [6.45, 7) is 5.47. The lowest BCUT2D eigenvalue weighted by molar-refractivity contribution is 0.0950. The maximum absolute atomic E-state index is 12.4. The fraction of sp³-hybridized carbons (Fsp3) is 0.333. The van der Waals surface area contributed by atoms with Crippen LogP contribution < -0.4 is 16.0 Å². The maximum atomic E-state index is 12.4. The van der Waals surface area contributed by atoms with E-state index in [9.17, 15) is 4.79 Å². The van der Waals surface area contributed by atoms with Gasteiger partial charge in [0.15, 0.2) is 0 Å². The maximum Gasteiger partial charge on any atom is 0.251 e. The highest BCUT2D eigenvalue weighted by molar-refractivity contribution is 5.96. The molecular formula is C18H22N4O2. The van der Waals surface area contributed by atoms with E-state index < -0.39 is 0 Å². The van der Waals surface area contributed by atoms with E-state index in [2.05, 4.69) is 15.2 Å². The molecule has 0 bridgehead atoms. The third-order valence-corrected chi connectivity index (χ3v) is 4.10. The van der Waals surface area contributed by atoms with Crippen molar-refractivity contribution in [1.29, 1.82) is 0 Å². The molecule has 1 saturated heterocycles. The molecule has 126 valence electrons. The lowest BCUT2D eigenvalue weighted by Gasteiger charge is -2.28. The first kappa shape index (κ1) is 16.3. The zero-order valence-corrected chi connectivity index (χ0v) is 13.8. The van der Waals surface area contributed by atoms with Gasteiger partial charge in [0.25, 0.3) is 5.91 Å². The molecule has 3 rings (SSSR count). The predicted octanol–water partition coefficient (Wildman–Crippen LogP) is 1.74. The van der Waals surface area contributed by atoms with Crippen LogP contribution >= 0.6 is 0 Å². The second kappa shape index (κ2) is 7.31. The standard InChI is InChI=1S/C18H22N4O2/c1-13-2-3-15(19)11-16(13)18(23)21-12-14-4-5-20-17(10-14)22-6-8-24-9-7-22/h2-5,10-11H,6-9,12,19H2,1H3,(H,21,23). The molecule has 0 aliphatic carbocycles. The number of nitrogens with one attached hydrogen (secondary N) is 1. The van der Waals surface area contributed by atoms with Crippen molar-refractivity contribution in [3.8, 4) is 0 Å². The average Bonchev–Trinajstić information content (AvgIpc) is 2.63. The van der Waals surface area contributed by atoms with Crippen molar-refractivity contribution in [2.45, 2.75) is 13.5 Å². The number of nitrogen functional groups attached to an aromatic ring is 1.